The van der Waals surface area contributed by atoms with Gasteiger partial charge in [0.1, 0.15) is 0 Å². The molecule has 1 aromatic rings. The molecule has 0 aliphatic rings. The molecule has 0 aromatic heterocycles. The van der Waals surface area contributed by atoms with Crippen molar-refractivity contribution in [1.82, 2.24) is 5.43 Å². The minimum atomic E-state index is 0.147. The van der Waals surface area contributed by atoms with E-state index in [-0.39, 0.29) is 11.5 Å². The zero-order valence-electron chi connectivity index (χ0n) is 9.55. The molecule has 0 radical (unpaired) electrons. The molecule has 0 saturated heterocycles. The van der Waals surface area contributed by atoms with Crippen LogP contribution in [0.25, 0.3) is 0 Å². The molecule has 0 saturated carbocycles. The number of nitrogens with two attached hydrogens (primary N) is 1. The first kappa shape index (κ1) is 12.5. The number of nitrogens with one attached hydrogen (secondary N) is 1. The third-order valence-corrected chi connectivity index (χ3v) is 2.85. The zero-order valence-corrected chi connectivity index (χ0v) is 10.3. The summed E-state index contributed by atoms with van der Waals surface area (Å²) in [5, 5.41) is 0.770. The van der Waals surface area contributed by atoms with Crippen molar-refractivity contribution in [3.8, 4) is 0 Å². The van der Waals surface area contributed by atoms with Crippen molar-refractivity contribution < 1.29 is 0 Å². The molecule has 1 rings (SSSR count). The SMILES string of the molecule is CC(C)(C)C(Cc1ccc(Cl)cc1)NN. The minimum absolute atomic E-state index is 0.147. The van der Waals surface area contributed by atoms with Crippen molar-refractivity contribution in [2.75, 3.05) is 0 Å². The Balaban J connectivity index is 2.71. The molecular weight excluding hydrogens is 208 g/mol. The van der Waals surface area contributed by atoms with Gasteiger partial charge in [0.25, 0.3) is 0 Å². The lowest BCUT2D eigenvalue weighted by Gasteiger charge is -2.30. The van der Waals surface area contributed by atoms with Gasteiger partial charge in [-0.1, -0.05) is 44.5 Å². The average Bonchev–Trinajstić information content (AvgIpc) is 2.15. The van der Waals surface area contributed by atoms with Gasteiger partial charge in [0.15, 0.2) is 0 Å². The van der Waals surface area contributed by atoms with Crippen LogP contribution in [0.2, 0.25) is 5.02 Å². The Morgan fingerprint density at radius 1 is 1.27 bits per heavy atom. The average molecular weight is 227 g/mol. The third kappa shape index (κ3) is 3.82. The maximum absolute atomic E-state index is 5.83. The molecule has 0 aliphatic carbocycles. The molecule has 0 amide bonds. The fraction of sp³-hybridized carbons (Fsp3) is 0.500. The molecule has 0 spiro atoms. The standard InChI is InChI=1S/C12H19ClN2/c1-12(2,3)11(15-14)8-9-4-6-10(13)7-5-9/h4-7,11,15H,8,14H2,1-3H3. The van der Waals surface area contributed by atoms with Gasteiger partial charge >= 0.3 is 0 Å². The largest absolute Gasteiger partial charge is 0.271 e. The van der Waals surface area contributed by atoms with E-state index in [1.807, 2.05) is 24.3 Å². The van der Waals surface area contributed by atoms with Gasteiger partial charge in [-0.3, -0.25) is 11.3 Å². The molecule has 0 bridgehead atoms. The van der Waals surface area contributed by atoms with Crippen LogP contribution in [-0.2, 0) is 6.42 Å². The Morgan fingerprint density at radius 3 is 2.20 bits per heavy atom. The van der Waals surface area contributed by atoms with Crippen LogP contribution in [0.3, 0.4) is 0 Å². The van der Waals surface area contributed by atoms with E-state index in [9.17, 15) is 0 Å². The summed E-state index contributed by atoms with van der Waals surface area (Å²) >= 11 is 5.83. The second-order valence-corrected chi connectivity index (χ2v) is 5.35. The highest BCUT2D eigenvalue weighted by atomic mass is 35.5. The molecule has 1 atom stereocenters. The topological polar surface area (TPSA) is 38.0 Å². The third-order valence-electron chi connectivity index (χ3n) is 2.60. The van der Waals surface area contributed by atoms with Gasteiger partial charge in [-0.2, -0.15) is 0 Å². The lowest BCUT2D eigenvalue weighted by molar-refractivity contribution is 0.269. The van der Waals surface area contributed by atoms with Crippen LogP contribution in [-0.4, -0.2) is 6.04 Å². The zero-order chi connectivity index (χ0) is 11.5. The number of hydrogen-bond acceptors (Lipinski definition) is 2. The summed E-state index contributed by atoms with van der Waals surface area (Å²) in [6.45, 7) is 6.52. The van der Waals surface area contributed by atoms with E-state index in [0.717, 1.165) is 11.4 Å². The highest BCUT2D eigenvalue weighted by molar-refractivity contribution is 6.30. The molecule has 3 N–H and O–H groups in total. The number of benzene rings is 1. The lowest BCUT2D eigenvalue weighted by atomic mass is 9.83. The minimum Gasteiger partial charge on any atom is -0.271 e. The lowest BCUT2D eigenvalue weighted by Crippen LogP contribution is -2.45. The molecule has 1 aromatic carbocycles. The predicted octanol–water partition coefficient (Wildman–Crippen LogP) is 2.76. The Bertz CT molecular complexity index is 300. The van der Waals surface area contributed by atoms with E-state index in [1.54, 1.807) is 0 Å². The fourth-order valence-electron chi connectivity index (χ4n) is 1.47. The van der Waals surface area contributed by atoms with Gasteiger partial charge in [-0.15, -0.1) is 0 Å². The van der Waals surface area contributed by atoms with Gasteiger partial charge in [-0.05, 0) is 29.5 Å². The molecule has 0 aliphatic heterocycles. The van der Waals surface area contributed by atoms with Gasteiger partial charge in [0.2, 0.25) is 0 Å². The van der Waals surface area contributed by atoms with Gasteiger partial charge in [-0.25, -0.2) is 0 Å². The van der Waals surface area contributed by atoms with Crippen LogP contribution >= 0.6 is 11.6 Å². The maximum Gasteiger partial charge on any atom is 0.0406 e. The van der Waals surface area contributed by atoms with Crippen LogP contribution in [0, 0.1) is 5.41 Å². The normalized spacial score (nSPS) is 13.9. The molecule has 3 heteroatoms. The Morgan fingerprint density at radius 2 is 1.80 bits per heavy atom. The second-order valence-electron chi connectivity index (χ2n) is 4.92. The molecule has 0 fully saturated rings. The smallest absolute Gasteiger partial charge is 0.0406 e. The van der Waals surface area contributed by atoms with E-state index in [2.05, 4.69) is 26.2 Å². The van der Waals surface area contributed by atoms with Crippen molar-refractivity contribution in [1.29, 1.82) is 0 Å². The number of rotatable bonds is 3. The number of hydrogen-bond donors (Lipinski definition) is 2. The van der Waals surface area contributed by atoms with E-state index in [4.69, 9.17) is 17.4 Å². The maximum atomic E-state index is 5.83. The van der Waals surface area contributed by atoms with Crippen LogP contribution < -0.4 is 11.3 Å². The fourth-order valence-corrected chi connectivity index (χ4v) is 1.60. The quantitative estimate of drug-likeness (QED) is 0.615. The molecule has 2 nitrogen and oxygen atoms in total. The predicted molar refractivity (Wildman–Crippen MR) is 65.7 cm³/mol. The molecule has 0 heterocycles. The second kappa shape index (κ2) is 4.97. The first-order valence-electron chi connectivity index (χ1n) is 5.14. The molecule has 84 valence electrons. The van der Waals surface area contributed by atoms with Gasteiger partial charge in [0, 0.05) is 11.1 Å². The summed E-state index contributed by atoms with van der Waals surface area (Å²) in [7, 11) is 0. The van der Waals surface area contributed by atoms with Gasteiger partial charge in [0.05, 0.1) is 0 Å². The van der Waals surface area contributed by atoms with Crippen LogP contribution in [0.5, 0.6) is 0 Å². The van der Waals surface area contributed by atoms with Crippen LogP contribution in [0.4, 0.5) is 0 Å². The van der Waals surface area contributed by atoms with E-state index in [0.29, 0.717) is 0 Å². The first-order valence-corrected chi connectivity index (χ1v) is 5.52. The van der Waals surface area contributed by atoms with Crippen LogP contribution in [0.15, 0.2) is 24.3 Å². The summed E-state index contributed by atoms with van der Waals surface area (Å²) in [6, 6.07) is 8.16. The number of hydrazine groups is 1. The molecular formula is C12H19ClN2. The van der Waals surface area contributed by atoms with Crippen molar-refractivity contribution in [3.05, 3.63) is 34.9 Å². The van der Waals surface area contributed by atoms with Crippen molar-refractivity contribution in [2.45, 2.75) is 33.2 Å². The summed E-state index contributed by atoms with van der Waals surface area (Å²) < 4.78 is 0. The van der Waals surface area contributed by atoms with Crippen LogP contribution in [0.1, 0.15) is 26.3 Å². The van der Waals surface area contributed by atoms with Crippen molar-refractivity contribution >= 4 is 11.6 Å². The summed E-state index contributed by atoms with van der Waals surface area (Å²) in [4.78, 5) is 0. The Hall–Kier alpha value is -0.570. The highest BCUT2D eigenvalue weighted by Gasteiger charge is 2.23. The van der Waals surface area contributed by atoms with E-state index in [1.165, 1.54) is 5.56 Å². The monoisotopic (exact) mass is 226 g/mol. The summed E-state index contributed by atoms with van der Waals surface area (Å²) in [5.41, 5.74) is 4.27. The van der Waals surface area contributed by atoms with Crippen molar-refractivity contribution in [3.63, 3.8) is 0 Å². The first-order chi connectivity index (χ1) is 6.93. The van der Waals surface area contributed by atoms with E-state index < -0.39 is 0 Å². The van der Waals surface area contributed by atoms with Gasteiger partial charge < -0.3 is 0 Å². The Labute approximate surface area is 96.8 Å². The highest BCUT2D eigenvalue weighted by Crippen LogP contribution is 2.22. The van der Waals surface area contributed by atoms with E-state index >= 15 is 0 Å². The summed E-state index contributed by atoms with van der Waals surface area (Å²) in [6.07, 6.45) is 0.914. The molecule has 1 unspecified atom stereocenters. The Kier molecular flexibility index (Phi) is 4.14. The number of halogens is 1. The molecule has 15 heavy (non-hydrogen) atoms. The summed E-state index contributed by atoms with van der Waals surface area (Å²) in [5.74, 6) is 5.56. The van der Waals surface area contributed by atoms with Crippen molar-refractivity contribution in [2.24, 2.45) is 11.3 Å².